The minimum Gasteiger partial charge on any atom is -0.418 e. The Hall–Kier alpha value is -8.03. The van der Waals surface area contributed by atoms with Crippen LogP contribution in [0.2, 0.25) is 0 Å². The SMILES string of the molecule is c1ccc(OP(OCCOP(Oc2ccccc2)Oc2ccc(-c3ccc4c(c3)op(Oc3ccccc3-c3ccc5cccc6c5c3OP(Oc3ccccc3)O6)oc3ccccc34)cc2)Oc2ccccc2)cc1. The summed E-state index contributed by atoms with van der Waals surface area (Å²) >= 11 is 0. The van der Waals surface area contributed by atoms with Gasteiger partial charge < -0.3 is 44.6 Å². The van der Waals surface area contributed by atoms with Crippen molar-refractivity contribution >= 4 is 66.8 Å². The molecule has 376 valence electrons. The summed E-state index contributed by atoms with van der Waals surface area (Å²) < 4.78 is 76.3. The van der Waals surface area contributed by atoms with Crippen molar-refractivity contribution < 1.29 is 53.6 Å². The topological polar surface area (TPSA) is 119 Å². The van der Waals surface area contributed by atoms with Crippen molar-refractivity contribution in [3.63, 3.8) is 0 Å². The maximum Gasteiger partial charge on any atom is 0.530 e. The fourth-order valence-electron chi connectivity index (χ4n) is 8.17. The maximum atomic E-state index is 6.80. The summed E-state index contributed by atoms with van der Waals surface area (Å²) in [6.07, 6.45) is 0. The first kappa shape index (κ1) is 48.9. The first-order valence-electron chi connectivity index (χ1n) is 24.1. The van der Waals surface area contributed by atoms with E-state index in [0.29, 0.717) is 57.2 Å². The average Bonchev–Trinajstić information content (AvgIpc) is 3.68. The van der Waals surface area contributed by atoms with Gasteiger partial charge in [-0.25, -0.2) is 0 Å². The van der Waals surface area contributed by atoms with Crippen LogP contribution in [0.3, 0.4) is 0 Å². The molecular weight excluding hydrogens is 1040 g/mol. The van der Waals surface area contributed by atoms with Crippen LogP contribution in [0.1, 0.15) is 0 Å². The predicted octanol–water partition coefficient (Wildman–Crippen LogP) is 18.8. The third kappa shape index (κ3) is 11.6. The van der Waals surface area contributed by atoms with Crippen LogP contribution in [0.5, 0.6) is 46.0 Å². The Morgan fingerprint density at radius 3 is 1.58 bits per heavy atom. The molecule has 0 N–H and O–H groups in total. The van der Waals surface area contributed by atoms with E-state index in [4.69, 9.17) is 53.6 Å². The van der Waals surface area contributed by atoms with Crippen LogP contribution in [0, 0.1) is 0 Å². The fraction of sp³-hybridized carbons (Fsp3) is 0.0333. The van der Waals surface area contributed by atoms with Gasteiger partial charge in [0.15, 0.2) is 0 Å². The highest BCUT2D eigenvalue weighted by Gasteiger charge is 2.31. The van der Waals surface area contributed by atoms with E-state index < -0.39 is 34.0 Å². The number of hydrogen-bond donors (Lipinski definition) is 0. The number of hydrogen-bond acceptors (Lipinski definition) is 12. The molecule has 0 amide bonds. The normalized spacial score (nSPS) is 13.3. The van der Waals surface area contributed by atoms with Crippen LogP contribution in [-0.2, 0) is 9.05 Å². The van der Waals surface area contributed by atoms with E-state index in [2.05, 4.69) is 12.1 Å². The van der Waals surface area contributed by atoms with Gasteiger partial charge >= 0.3 is 34.0 Å². The molecule has 3 unspecified atom stereocenters. The van der Waals surface area contributed by atoms with Gasteiger partial charge in [0.05, 0.1) is 18.6 Å². The second kappa shape index (κ2) is 23.2. The molecule has 12 rings (SSSR count). The minimum absolute atomic E-state index is 0.131. The zero-order chi connectivity index (χ0) is 50.9. The summed E-state index contributed by atoms with van der Waals surface area (Å²) in [5.74, 6) is 4.90. The van der Waals surface area contributed by atoms with Crippen LogP contribution in [0.4, 0.5) is 0 Å². The van der Waals surface area contributed by atoms with E-state index in [1.165, 1.54) is 0 Å². The van der Waals surface area contributed by atoms with Crippen molar-refractivity contribution in [2.45, 2.75) is 0 Å². The first-order chi connectivity index (χ1) is 37.6. The zero-order valence-corrected chi connectivity index (χ0v) is 43.8. The van der Waals surface area contributed by atoms with Gasteiger partial charge in [-0.2, -0.15) is 0 Å². The maximum absolute atomic E-state index is 6.80. The van der Waals surface area contributed by atoms with Crippen LogP contribution in [-0.4, -0.2) is 13.2 Å². The van der Waals surface area contributed by atoms with E-state index in [1.807, 2.05) is 231 Å². The van der Waals surface area contributed by atoms with Gasteiger partial charge in [-0.3, -0.25) is 9.05 Å². The lowest BCUT2D eigenvalue weighted by molar-refractivity contribution is 0.186. The lowest BCUT2D eigenvalue weighted by atomic mass is 9.98. The van der Waals surface area contributed by atoms with Crippen molar-refractivity contribution in [1.82, 2.24) is 0 Å². The third-order valence-corrected chi connectivity index (χ3v) is 16.0. The van der Waals surface area contributed by atoms with Gasteiger partial charge in [-0.1, -0.05) is 146 Å². The Bertz CT molecular complexity index is 3720. The highest BCUT2D eigenvalue weighted by atomic mass is 31.2. The number of benzene rings is 10. The third-order valence-electron chi connectivity index (χ3n) is 11.7. The summed E-state index contributed by atoms with van der Waals surface area (Å²) in [5, 5.41) is 3.56. The number of para-hydroxylation sites is 6. The summed E-state index contributed by atoms with van der Waals surface area (Å²) in [4.78, 5) is 0. The highest BCUT2D eigenvalue weighted by molar-refractivity contribution is 7.43. The lowest BCUT2D eigenvalue weighted by Gasteiger charge is -2.26. The van der Waals surface area contributed by atoms with Crippen LogP contribution < -0.4 is 36.2 Å². The summed E-state index contributed by atoms with van der Waals surface area (Å²) in [6, 6.07) is 77.2. The molecule has 0 fully saturated rings. The molecule has 1 aromatic heterocycles. The molecular formula is C60H44O12P4. The molecule has 0 radical (unpaired) electrons. The van der Waals surface area contributed by atoms with Gasteiger partial charge in [-0.05, 0) is 114 Å². The van der Waals surface area contributed by atoms with Gasteiger partial charge in [0.1, 0.15) is 57.2 Å². The summed E-state index contributed by atoms with van der Waals surface area (Å²) in [7, 11) is -7.60. The van der Waals surface area contributed by atoms with Gasteiger partial charge in [0.2, 0.25) is 0 Å². The van der Waals surface area contributed by atoms with E-state index >= 15 is 0 Å². The minimum atomic E-state index is -2.04. The summed E-state index contributed by atoms with van der Waals surface area (Å²) in [6.45, 7) is 0.274. The monoisotopic (exact) mass is 1080 g/mol. The van der Waals surface area contributed by atoms with Crippen molar-refractivity contribution in [2.24, 2.45) is 0 Å². The largest absolute Gasteiger partial charge is 0.530 e. The second-order valence-electron chi connectivity index (χ2n) is 16.8. The molecule has 0 bridgehead atoms. The van der Waals surface area contributed by atoms with Crippen molar-refractivity contribution in [3.05, 3.63) is 243 Å². The standard InChI is InChI=1S/C60H44O12P4/c1-5-19-46(20-6-1)63-73(64-47-21-7-2-8-22-47)61-40-41-62-74(65-48-23-9-3-10-24-48)66-50-36-32-43(33-37-50)45-35-38-53-51-27-13-15-29-55(51)68-76(71-58(53)42-45)69-56-30-16-14-28-52(56)54-39-34-44-18-17-31-57-59(44)60(54)72-75(70-57)67-49-25-11-4-12-26-49/h1-39,42H,40-41H2. The Kier molecular flexibility index (Phi) is 15.0. The van der Waals surface area contributed by atoms with E-state index in [9.17, 15) is 0 Å². The van der Waals surface area contributed by atoms with E-state index in [0.717, 1.165) is 43.8 Å². The van der Waals surface area contributed by atoms with Crippen molar-refractivity contribution in [1.29, 1.82) is 0 Å². The second-order valence-corrected chi connectivity index (χ2v) is 20.9. The Morgan fingerprint density at radius 1 is 0.382 bits per heavy atom. The van der Waals surface area contributed by atoms with Crippen LogP contribution >= 0.6 is 34.0 Å². The molecule has 2 heterocycles. The molecule has 0 spiro atoms. The molecule has 1 aliphatic heterocycles. The Labute approximate surface area is 442 Å². The molecule has 0 aliphatic carbocycles. The van der Waals surface area contributed by atoms with E-state index in [-0.39, 0.29) is 13.2 Å². The summed E-state index contributed by atoms with van der Waals surface area (Å²) in [5.41, 5.74) is 4.65. The van der Waals surface area contributed by atoms with Gasteiger partial charge in [-0.15, -0.1) is 0 Å². The predicted molar refractivity (Wildman–Crippen MR) is 300 cm³/mol. The quantitative estimate of drug-likeness (QED) is 0.0566. The Morgan fingerprint density at radius 2 is 0.921 bits per heavy atom. The van der Waals surface area contributed by atoms with E-state index in [1.54, 1.807) is 0 Å². The fourth-order valence-corrected chi connectivity index (χ4v) is 12.2. The molecule has 0 saturated heterocycles. The molecule has 3 atom stereocenters. The number of rotatable bonds is 19. The van der Waals surface area contributed by atoms with Crippen LogP contribution in [0.25, 0.3) is 55.0 Å². The molecule has 10 aromatic carbocycles. The van der Waals surface area contributed by atoms with Gasteiger partial charge in [0.25, 0.3) is 0 Å². The molecule has 1 aliphatic rings. The van der Waals surface area contributed by atoms with Crippen molar-refractivity contribution in [3.8, 4) is 68.2 Å². The molecule has 11 aromatic rings. The molecule has 16 heteroatoms. The molecule has 12 nitrogen and oxygen atoms in total. The zero-order valence-electron chi connectivity index (χ0n) is 40.2. The smallest absolute Gasteiger partial charge is 0.418 e. The Balaban J connectivity index is 0.793. The van der Waals surface area contributed by atoms with Crippen LogP contribution in [0.15, 0.2) is 251 Å². The molecule has 0 saturated carbocycles. The lowest BCUT2D eigenvalue weighted by Crippen LogP contribution is -2.08. The first-order valence-corrected chi connectivity index (χ1v) is 28.5. The number of fused-ring (bicyclic) bond motifs is 3. The molecule has 76 heavy (non-hydrogen) atoms. The highest BCUT2D eigenvalue weighted by Crippen LogP contribution is 2.56. The van der Waals surface area contributed by atoms with Crippen molar-refractivity contribution in [2.75, 3.05) is 13.2 Å². The van der Waals surface area contributed by atoms with Gasteiger partial charge in [0, 0.05) is 21.9 Å². The average molecular weight is 1080 g/mol.